The quantitative estimate of drug-likeness (QED) is 0.0571. The molecule has 2 aromatic rings. The summed E-state index contributed by atoms with van der Waals surface area (Å²) in [7, 11) is 0. The van der Waals surface area contributed by atoms with E-state index in [1.807, 2.05) is 0 Å². The van der Waals surface area contributed by atoms with Crippen LogP contribution in [0.25, 0.3) is 0 Å². The van der Waals surface area contributed by atoms with E-state index in [9.17, 15) is 58.8 Å². The number of carbonyl (C=O) groups is 8. The van der Waals surface area contributed by atoms with E-state index in [4.69, 9.17) is 17.2 Å². The Hall–Kier alpha value is -6.12. The van der Waals surface area contributed by atoms with Crippen LogP contribution in [0.5, 0.6) is 5.75 Å². The van der Waals surface area contributed by atoms with Gasteiger partial charge in [0.15, 0.2) is 0 Å². The van der Waals surface area contributed by atoms with Crippen molar-refractivity contribution in [1.82, 2.24) is 26.6 Å². The second-order valence-corrected chi connectivity index (χ2v) is 12.0. The molecule has 0 radical (unpaired) electrons. The van der Waals surface area contributed by atoms with Gasteiger partial charge in [-0.3, -0.25) is 33.6 Å². The number of amides is 7. The number of primary amides is 2. The summed E-state index contributed by atoms with van der Waals surface area (Å²) in [6, 6.07) is 4.20. The van der Waals surface area contributed by atoms with Gasteiger partial charge < -0.3 is 64.2 Å². The van der Waals surface area contributed by atoms with Crippen LogP contribution in [0.2, 0.25) is 0 Å². The summed E-state index contributed by atoms with van der Waals surface area (Å²) < 4.78 is 0. The number of carboxylic acid groups (broad SMARTS) is 1. The number of benzene rings is 2. The fourth-order valence-electron chi connectivity index (χ4n) is 4.79. The van der Waals surface area contributed by atoms with Gasteiger partial charge in [0, 0.05) is 6.42 Å². The molecule has 0 saturated heterocycles. The minimum atomic E-state index is -1.85. The number of aliphatic carboxylic acids is 1. The number of nitrogens with two attached hydrogens (primary N) is 3. The molecule has 0 heterocycles. The Balaban J connectivity index is 2.22. The highest BCUT2D eigenvalue weighted by atomic mass is 16.4. The van der Waals surface area contributed by atoms with Crippen LogP contribution in [0.1, 0.15) is 30.9 Å². The van der Waals surface area contributed by atoms with Crippen LogP contribution < -0.4 is 43.8 Å². The van der Waals surface area contributed by atoms with Crippen molar-refractivity contribution in [2.24, 2.45) is 17.2 Å². The zero-order valence-electron chi connectivity index (χ0n) is 28.6. The molecule has 2 rings (SSSR count). The second-order valence-electron chi connectivity index (χ2n) is 12.0. The van der Waals surface area contributed by atoms with Crippen molar-refractivity contribution in [3.8, 4) is 5.75 Å². The Morgan fingerprint density at radius 1 is 0.623 bits per heavy atom. The molecule has 0 aliphatic heterocycles. The largest absolute Gasteiger partial charge is 0.508 e. The van der Waals surface area contributed by atoms with E-state index in [0.717, 1.165) is 6.92 Å². The van der Waals surface area contributed by atoms with Gasteiger partial charge in [0.25, 0.3) is 0 Å². The fourth-order valence-corrected chi connectivity index (χ4v) is 4.79. The van der Waals surface area contributed by atoms with Crippen molar-refractivity contribution in [3.05, 3.63) is 65.7 Å². The molecule has 0 aliphatic rings. The third kappa shape index (κ3) is 14.6. The molecular weight excluding hydrogens is 700 g/mol. The monoisotopic (exact) mass is 744 g/mol. The van der Waals surface area contributed by atoms with Crippen LogP contribution >= 0.6 is 0 Å². The molecule has 7 atom stereocenters. The molecular formula is C33H44N8O12. The molecule has 7 amide bonds. The lowest BCUT2D eigenvalue weighted by atomic mass is 10.0. The number of nitrogens with one attached hydrogen (secondary N) is 5. The first kappa shape index (κ1) is 43.0. The first-order chi connectivity index (χ1) is 24.9. The lowest BCUT2D eigenvalue weighted by molar-refractivity contribution is -0.144. The minimum Gasteiger partial charge on any atom is -0.508 e. The molecule has 0 spiro atoms. The van der Waals surface area contributed by atoms with Crippen LogP contribution in [0.15, 0.2) is 54.6 Å². The predicted molar refractivity (Wildman–Crippen MR) is 184 cm³/mol. The number of aliphatic hydroxyl groups excluding tert-OH is 2. The Bertz CT molecular complexity index is 1620. The topological polar surface area (TPSA) is 356 Å². The average molecular weight is 745 g/mol. The number of aliphatic hydroxyl groups is 2. The van der Waals surface area contributed by atoms with Gasteiger partial charge in [-0.15, -0.1) is 0 Å². The van der Waals surface area contributed by atoms with Crippen LogP contribution in [0, 0.1) is 0 Å². The molecule has 20 nitrogen and oxygen atoms in total. The number of carboxylic acids is 1. The summed E-state index contributed by atoms with van der Waals surface area (Å²) in [6.07, 6.45) is -3.40. The highest BCUT2D eigenvalue weighted by Crippen LogP contribution is 2.12. The number of rotatable bonds is 21. The van der Waals surface area contributed by atoms with E-state index in [1.54, 1.807) is 30.3 Å². The second kappa shape index (κ2) is 20.7. The van der Waals surface area contributed by atoms with E-state index in [-0.39, 0.29) is 18.6 Å². The third-order valence-corrected chi connectivity index (χ3v) is 7.58. The molecule has 0 aliphatic carbocycles. The first-order valence-corrected chi connectivity index (χ1v) is 16.1. The van der Waals surface area contributed by atoms with E-state index < -0.39 is 109 Å². The van der Waals surface area contributed by atoms with Gasteiger partial charge in [0.2, 0.25) is 41.4 Å². The van der Waals surface area contributed by atoms with Gasteiger partial charge in [-0.2, -0.15) is 0 Å². The molecule has 0 aromatic heterocycles. The Morgan fingerprint density at radius 3 is 1.62 bits per heavy atom. The summed E-state index contributed by atoms with van der Waals surface area (Å²) in [6.45, 7) is 0.0232. The van der Waals surface area contributed by atoms with Gasteiger partial charge in [0.1, 0.15) is 36.0 Å². The predicted octanol–water partition coefficient (Wildman–Crippen LogP) is -4.86. The minimum absolute atomic E-state index is 0.0764. The van der Waals surface area contributed by atoms with E-state index >= 15 is 0 Å². The van der Waals surface area contributed by atoms with Crippen molar-refractivity contribution in [2.75, 3.05) is 6.61 Å². The summed E-state index contributed by atoms with van der Waals surface area (Å²) in [4.78, 5) is 100. The van der Waals surface area contributed by atoms with Gasteiger partial charge >= 0.3 is 5.97 Å². The summed E-state index contributed by atoms with van der Waals surface area (Å²) >= 11 is 0. The molecule has 0 saturated carbocycles. The molecule has 20 heteroatoms. The molecule has 0 bridgehead atoms. The number of phenolic OH excluding ortho intramolecular Hbond substituents is 1. The number of carbonyl (C=O) groups excluding carboxylic acids is 7. The van der Waals surface area contributed by atoms with Crippen molar-refractivity contribution < 1.29 is 58.8 Å². The molecule has 2 aromatic carbocycles. The Kier molecular flexibility index (Phi) is 16.8. The molecule has 0 fully saturated rings. The Morgan fingerprint density at radius 2 is 1.09 bits per heavy atom. The van der Waals surface area contributed by atoms with Crippen LogP contribution in [-0.4, -0.2) is 117 Å². The lowest BCUT2D eigenvalue weighted by Gasteiger charge is -2.27. The standard InChI is InChI=1S/C33H44N8O12/c1-16(43)27(32(51)38-21(12-18-7-9-19(44)10-8-18)29(48)39-23(33(52)53)14-26(36)46)41-31(50)24(15-42)40-30(49)22(13-25(35)45)37-28(47)20(34)11-17-5-3-2-4-6-17/h2-10,16,20-24,27,42-44H,11-15,34H2,1H3,(H2,35,45)(H2,36,46)(H,37,47)(H,38,51)(H,39,48)(H,40,49)(H,41,50)(H,52,53)/t16-,20+,21+,22+,23+,24+,27+/m1/s1. The van der Waals surface area contributed by atoms with Crippen molar-refractivity contribution in [3.63, 3.8) is 0 Å². The maximum Gasteiger partial charge on any atom is 0.326 e. The average Bonchev–Trinajstić information content (AvgIpc) is 3.08. The number of hydrogen-bond acceptors (Lipinski definition) is 12. The van der Waals surface area contributed by atoms with Crippen molar-refractivity contribution >= 4 is 47.3 Å². The van der Waals surface area contributed by atoms with Crippen molar-refractivity contribution in [2.45, 2.75) is 75.0 Å². The summed E-state index contributed by atoms with van der Waals surface area (Å²) in [5, 5.41) is 50.4. The van der Waals surface area contributed by atoms with Gasteiger partial charge in [-0.1, -0.05) is 42.5 Å². The molecule has 0 unspecified atom stereocenters. The van der Waals surface area contributed by atoms with Gasteiger partial charge in [-0.25, -0.2) is 4.79 Å². The van der Waals surface area contributed by atoms with Gasteiger partial charge in [-0.05, 0) is 36.6 Å². The number of hydrogen-bond donors (Lipinski definition) is 12. The highest BCUT2D eigenvalue weighted by molar-refractivity contribution is 5.98. The SMILES string of the molecule is C[C@@H](O)[C@H](NC(=O)[C@H](CO)NC(=O)[C@H](CC(N)=O)NC(=O)[C@@H](N)Cc1ccccc1)C(=O)N[C@@H](Cc1ccc(O)cc1)C(=O)N[C@@H](CC(N)=O)C(=O)O. The first-order valence-electron chi connectivity index (χ1n) is 16.1. The van der Waals surface area contributed by atoms with E-state index in [1.165, 1.54) is 24.3 Å². The zero-order valence-corrected chi connectivity index (χ0v) is 28.6. The number of phenols is 1. The third-order valence-electron chi connectivity index (χ3n) is 7.58. The van der Waals surface area contributed by atoms with Crippen LogP contribution in [0.3, 0.4) is 0 Å². The maximum atomic E-state index is 13.4. The lowest BCUT2D eigenvalue weighted by Crippen LogP contribution is -2.62. The van der Waals surface area contributed by atoms with E-state index in [2.05, 4.69) is 26.6 Å². The molecule has 288 valence electrons. The molecule has 53 heavy (non-hydrogen) atoms. The van der Waals surface area contributed by atoms with Crippen LogP contribution in [0.4, 0.5) is 0 Å². The summed E-state index contributed by atoms with van der Waals surface area (Å²) in [5.41, 5.74) is 17.4. The zero-order chi connectivity index (χ0) is 39.8. The smallest absolute Gasteiger partial charge is 0.326 e. The number of aromatic hydroxyl groups is 1. The maximum absolute atomic E-state index is 13.4. The fraction of sp³-hybridized carbons (Fsp3) is 0.394. The highest BCUT2D eigenvalue weighted by Gasteiger charge is 2.35. The van der Waals surface area contributed by atoms with Crippen LogP contribution in [-0.2, 0) is 51.2 Å². The Labute approximate surface area is 302 Å². The summed E-state index contributed by atoms with van der Waals surface area (Å²) in [5.74, 6) is -9.24. The van der Waals surface area contributed by atoms with Crippen molar-refractivity contribution in [1.29, 1.82) is 0 Å². The van der Waals surface area contributed by atoms with Gasteiger partial charge in [0.05, 0.1) is 31.6 Å². The normalized spacial score (nSPS) is 14.8. The molecule has 15 N–H and O–H groups in total. The van der Waals surface area contributed by atoms with E-state index in [0.29, 0.717) is 11.1 Å².